The van der Waals surface area contributed by atoms with Gasteiger partial charge in [0.15, 0.2) is 0 Å². The Bertz CT molecular complexity index is 691. The van der Waals surface area contributed by atoms with Crippen molar-refractivity contribution in [3.05, 3.63) is 29.3 Å². The van der Waals surface area contributed by atoms with Crippen LogP contribution in [0.1, 0.15) is 30.4 Å². The maximum atomic E-state index is 11.8. The number of carbonyl (C=O) groups excluding carboxylic acids is 1. The van der Waals surface area contributed by atoms with Gasteiger partial charge in [-0.3, -0.25) is 14.6 Å². The van der Waals surface area contributed by atoms with Gasteiger partial charge in [-0.1, -0.05) is 12.1 Å². The Morgan fingerprint density at radius 2 is 2.08 bits per heavy atom. The van der Waals surface area contributed by atoms with Gasteiger partial charge in [0.05, 0.1) is 6.07 Å². The summed E-state index contributed by atoms with van der Waals surface area (Å²) >= 11 is 0. The number of amides is 1. The van der Waals surface area contributed by atoms with Gasteiger partial charge in [0, 0.05) is 51.4 Å². The van der Waals surface area contributed by atoms with Crippen LogP contribution in [0.4, 0.5) is 5.69 Å². The minimum atomic E-state index is 0.0348. The van der Waals surface area contributed by atoms with E-state index >= 15 is 0 Å². The highest BCUT2D eigenvalue weighted by molar-refractivity contribution is 5.95. The molecule has 1 aromatic rings. The third-order valence-electron chi connectivity index (χ3n) is 5.56. The summed E-state index contributed by atoms with van der Waals surface area (Å²) in [6.45, 7) is 3.76. The number of rotatable bonds is 3. The summed E-state index contributed by atoms with van der Waals surface area (Å²) in [6, 6.07) is 9.63. The Morgan fingerprint density at radius 1 is 1.25 bits per heavy atom. The van der Waals surface area contributed by atoms with Crippen LogP contribution >= 0.6 is 0 Å². The molecule has 5 heteroatoms. The van der Waals surface area contributed by atoms with Crippen molar-refractivity contribution in [1.82, 2.24) is 9.80 Å². The van der Waals surface area contributed by atoms with Crippen LogP contribution in [-0.4, -0.2) is 54.5 Å². The van der Waals surface area contributed by atoms with Crippen molar-refractivity contribution in [3.8, 4) is 6.07 Å². The molecule has 3 aliphatic rings. The van der Waals surface area contributed by atoms with E-state index in [2.05, 4.69) is 34.1 Å². The van der Waals surface area contributed by atoms with Gasteiger partial charge in [0.1, 0.15) is 6.04 Å². The molecule has 0 spiro atoms. The monoisotopic (exact) mass is 324 g/mol. The summed E-state index contributed by atoms with van der Waals surface area (Å²) in [5.41, 5.74) is 3.60. The van der Waals surface area contributed by atoms with Crippen molar-refractivity contribution in [2.24, 2.45) is 0 Å². The van der Waals surface area contributed by atoms with Gasteiger partial charge in [-0.05, 0) is 36.5 Å². The van der Waals surface area contributed by atoms with Gasteiger partial charge >= 0.3 is 0 Å². The Hall–Kier alpha value is -1.90. The van der Waals surface area contributed by atoms with Crippen molar-refractivity contribution in [2.45, 2.75) is 44.3 Å². The van der Waals surface area contributed by atoms with Gasteiger partial charge in [-0.25, -0.2) is 0 Å². The van der Waals surface area contributed by atoms with Gasteiger partial charge in [-0.15, -0.1) is 0 Å². The molecule has 24 heavy (non-hydrogen) atoms. The van der Waals surface area contributed by atoms with E-state index < -0.39 is 0 Å². The summed E-state index contributed by atoms with van der Waals surface area (Å²) in [6.07, 6.45) is 3.95. The number of fused-ring (bicyclic) bond motifs is 1. The SMILES string of the molecule is CN1C(=O)CCc2cc(CN3CCN(C4CC4)C(C#N)C3)ccc21. The predicted octanol–water partition coefficient (Wildman–Crippen LogP) is 1.77. The zero-order chi connectivity index (χ0) is 16.7. The molecule has 1 saturated heterocycles. The number of benzene rings is 1. The zero-order valence-electron chi connectivity index (χ0n) is 14.2. The standard InChI is InChI=1S/C19H24N4O/c1-21-18-6-2-14(10-15(18)3-7-19(21)24)12-22-8-9-23(16-4-5-16)17(11-20)13-22/h2,6,10,16-17H,3-5,7-9,12-13H2,1H3. The number of hydrogen-bond donors (Lipinski definition) is 0. The number of piperazine rings is 1. The average Bonchev–Trinajstić information content (AvgIpc) is 3.43. The molecular weight excluding hydrogens is 300 g/mol. The molecule has 0 N–H and O–H groups in total. The fraction of sp³-hybridized carbons (Fsp3) is 0.579. The first-order chi connectivity index (χ1) is 11.7. The van der Waals surface area contributed by atoms with Gasteiger partial charge in [0.25, 0.3) is 0 Å². The summed E-state index contributed by atoms with van der Waals surface area (Å²) in [7, 11) is 1.86. The first-order valence-electron chi connectivity index (χ1n) is 8.92. The van der Waals surface area contributed by atoms with E-state index in [9.17, 15) is 10.1 Å². The van der Waals surface area contributed by atoms with Crippen LogP contribution in [0.2, 0.25) is 0 Å². The Morgan fingerprint density at radius 3 is 2.83 bits per heavy atom. The van der Waals surface area contributed by atoms with E-state index in [-0.39, 0.29) is 11.9 Å². The lowest BCUT2D eigenvalue weighted by molar-refractivity contribution is -0.118. The van der Waals surface area contributed by atoms with E-state index in [0.29, 0.717) is 12.5 Å². The van der Waals surface area contributed by atoms with Crippen LogP contribution in [0.5, 0.6) is 0 Å². The Labute approximate surface area is 143 Å². The average molecular weight is 324 g/mol. The molecule has 1 saturated carbocycles. The number of nitrogens with zero attached hydrogens (tertiary/aromatic N) is 4. The van der Waals surface area contributed by atoms with Crippen molar-refractivity contribution < 1.29 is 4.79 Å². The molecule has 1 atom stereocenters. The number of nitriles is 1. The lowest BCUT2D eigenvalue weighted by atomic mass is 9.99. The third-order valence-corrected chi connectivity index (χ3v) is 5.56. The molecule has 0 bridgehead atoms. The second-order valence-electron chi connectivity index (χ2n) is 7.26. The number of hydrogen-bond acceptors (Lipinski definition) is 4. The minimum Gasteiger partial charge on any atom is -0.315 e. The summed E-state index contributed by atoms with van der Waals surface area (Å²) in [4.78, 5) is 18.4. The molecule has 2 fully saturated rings. The number of carbonyl (C=O) groups is 1. The molecule has 2 heterocycles. The fourth-order valence-electron chi connectivity index (χ4n) is 4.02. The maximum absolute atomic E-state index is 11.8. The molecule has 2 aliphatic heterocycles. The maximum Gasteiger partial charge on any atom is 0.227 e. The van der Waals surface area contributed by atoms with E-state index in [4.69, 9.17) is 0 Å². The quantitative estimate of drug-likeness (QED) is 0.850. The highest BCUT2D eigenvalue weighted by Crippen LogP contribution is 2.31. The Balaban J connectivity index is 1.44. The first-order valence-corrected chi connectivity index (χ1v) is 8.92. The molecular formula is C19H24N4O. The summed E-state index contributed by atoms with van der Waals surface area (Å²) in [5.74, 6) is 0.198. The minimum absolute atomic E-state index is 0.0348. The van der Waals surface area contributed by atoms with Crippen molar-refractivity contribution >= 4 is 11.6 Å². The highest BCUT2D eigenvalue weighted by Gasteiger charge is 2.37. The zero-order valence-corrected chi connectivity index (χ0v) is 14.2. The molecule has 0 radical (unpaired) electrons. The number of aryl methyl sites for hydroxylation is 1. The van der Waals surface area contributed by atoms with Crippen molar-refractivity contribution in [2.75, 3.05) is 31.6 Å². The second-order valence-corrected chi connectivity index (χ2v) is 7.26. The molecule has 1 aliphatic carbocycles. The normalized spacial score (nSPS) is 25.4. The van der Waals surface area contributed by atoms with Crippen LogP contribution in [0.3, 0.4) is 0 Å². The van der Waals surface area contributed by atoms with Crippen molar-refractivity contribution in [3.63, 3.8) is 0 Å². The van der Waals surface area contributed by atoms with E-state index in [0.717, 1.165) is 38.3 Å². The van der Waals surface area contributed by atoms with E-state index in [1.807, 2.05) is 7.05 Å². The van der Waals surface area contributed by atoms with Crippen LogP contribution in [0.15, 0.2) is 18.2 Å². The molecule has 5 nitrogen and oxygen atoms in total. The third kappa shape index (κ3) is 2.92. The summed E-state index contributed by atoms with van der Waals surface area (Å²) < 4.78 is 0. The van der Waals surface area contributed by atoms with Crippen LogP contribution in [0.25, 0.3) is 0 Å². The Kier molecular flexibility index (Phi) is 4.03. The van der Waals surface area contributed by atoms with Crippen molar-refractivity contribution in [1.29, 1.82) is 5.26 Å². The van der Waals surface area contributed by atoms with E-state index in [1.54, 1.807) is 4.90 Å². The molecule has 126 valence electrons. The molecule has 1 aromatic carbocycles. The first kappa shape index (κ1) is 15.6. The summed E-state index contributed by atoms with van der Waals surface area (Å²) in [5, 5.41) is 9.48. The van der Waals surface area contributed by atoms with E-state index in [1.165, 1.54) is 24.0 Å². The molecule has 1 unspecified atom stereocenters. The molecule has 4 rings (SSSR count). The number of anilines is 1. The second kappa shape index (κ2) is 6.19. The van der Waals surface area contributed by atoms with Crippen LogP contribution in [0, 0.1) is 11.3 Å². The van der Waals surface area contributed by atoms with Gasteiger partial charge in [0.2, 0.25) is 5.91 Å². The highest BCUT2D eigenvalue weighted by atomic mass is 16.2. The van der Waals surface area contributed by atoms with Crippen LogP contribution < -0.4 is 4.90 Å². The van der Waals surface area contributed by atoms with Gasteiger partial charge < -0.3 is 4.90 Å². The lowest BCUT2D eigenvalue weighted by Crippen LogP contribution is -2.52. The lowest BCUT2D eigenvalue weighted by Gasteiger charge is -2.38. The van der Waals surface area contributed by atoms with Crippen LogP contribution in [-0.2, 0) is 17.8 Å². The molecule has 0 aromatic heterocycles. The predicted molar refractivity (Wildman–Crippen MR) is 92.6 cm³/mol. The largest absolute Gasteiger partial charge is 0.315 e. The fourth-order valence-corrected chi connectivity index (χ4v) is 4.02. The smallest absolute Gasteiger partial charge is 0.227 e. The van der Waals surface area contributed by atoms with Gasteiger partial charge in [-0.2, -0.15) is 5.26 Å². The molecule has 1 amide bonds. The topological polar surface area (TPSA) is 50.6 Å².